The summed E-state index contributed by atoms with van der Waals surface area (Å²) in [6.45, 7) is 0. The van der Waals surface area contributed by atoms with Gasteiger partial charge in [0.25, 0.3) is 0 Å². The fraction of sp³-hybridized carbons (Fsp3) is 0. The largest absolute Gasteiger partial charge is 0.502 e. The molecule has 0 atom stereocenters. The molecule has 0 aliphatic carbocycles. The smallest absolute Gasteiger partial charge is 0.329 e. The van der Waals surface area contributed by atoms with Gasteiger partial charge in [-0.05, 0) is 6.07 Å². The normalized spacial score (nSPS) is 10.4. The molecule has 0 spiro atoms. The van der Waals surface area contributed by atoms with E-state index < -0.39 is 28.2 Å². The highest BCUT2D eigenvalue weighted by Crippen LogP contribution is 2.32. The molecule has 0 aliphatic rings. The first-order valence-electron chi connectivity index (χ1n) is 4.62. The van der Waals surface area contributed by atoms with Crippen molar-refractivity contribution in [1.82, 2.24) is 5.43 Å². The van der Waals surface area contributed by atoms with Gasteiger partial charge in [0.05, 0.1) is 11.1 Å². The van der Waals surface area contributed by atoms with Crippen molar-refractivity contribution < 1.29 is 19.6 Å². The molecule has 0 saturated heterocycles. The first-order valence-corrected chi connectivity index (χ1v) is 5.00. The number of amides is 2. The third kappa shape index (κ3) is 3.64. The van der Waals surface area contributed by atoms with Crippen molar-refractivity contribution in [2.24, 2.45) is 10.8 Å². The first kappa shape index (κ1) is 14.4. The number of phenolic OH excluding ortho intramolecular Hbond substituents is 1. The summed E-state index contributed by atoms with van der Waals surface area (Å²) in [7, 11) is 0. The van der Waals surface area contributed by atoms with E-state index in [1.54, 1.807) is 5.43 Å². The van der Waals surface area contributed by atoms with E-state index in [9.17, 15) is 24.8 Å². The Morgan fingerprint density at radius 1 is 1.53 bits per heavy atom. The van der Waals surface area contributed by atoms with Gasteiger partial charge >= 0.3 is 17.5 Å². The molecule has 4 N–H and O–H groups in total. The van der Waals surface area contributed by atoms with E-state index in [-0.39, 0.29) is 10.6 Å². The molecule has 0 radical (unpaired) electrons. The number of nitrogens with one attached hydrogen (secondary N) is 1. The van der Waals surface area contributed by atoms with E-state index in [0.29, 0.717) is 0 Å². The summed E-state index contributed by atoms with van der Waals surface area (Å²) in [5.41, 5.74) is 5.68. The molecule has 2 amide bonds. The lowest BCUT2D eigenvalue weighted by Crippen LogP contribution is -2.32. The highest BCUT2D eigenvalue weighted by molar-refractivity contribution is 6.34. The molecule has 0 heterocycles. The zero-order chi connectivity index (χ0) is 14.6. The van der Waals surface area contributed by atoms with Crippen LogP contribution in [-0.2, 0) is 9.59 Å². The summed E-state index contributed by atoms with van der Waals surface area (Å²) >= 11 is 5.62. The molecular weight excluding hydrogens is 280 g/mol. The van der Waals surface area contributed by atoms with Crippen LogP contribution in [0.15, 0.2) is 17.2 Å². The number of nitro groups is 1. The van der Waals surface area contributed by atoms with Crippen LogP contribution in [0.4, 0.5) is 5.69 Å². The maximum Gasteiger partial charge on any atom is 0.329 e. The number of nitrogens with two attached hydrogens (primary N) is 1. The first-order chi connectivity index (χ1) is 8.82. The molecule has 100 valence electrons. The topological polar surface area (TPSA) is 148 Å². The Kier molecular flexibility index (Phi) is 4.37. The number of nitro benzene ring substituents is 1. The van der Waals surface area contributed by atoms with Gasteiger partial charge in [-0.1, -0.05) is 11.6 Å². The highest BCUT2D eigenvalue weighted by atomic mass is 35.5. The molecule has 0 saturated carbocycles. The van der Waals surface area contributed by atoms with Crippen molar-refractivity contribution in [3.05, 3.63) is 32.8 Å². The minimum Gasteiger partial charge on any atom is -0.502 e. The zero-order valence-corrected chi connectivity index (χ0v) is 9.92. The summed E-state index contributed by atoms with van der Waals surface area (Å²) in [4.78, 5) is 30.9. The average Bonchev–Trinajstić information content (AvgIpc) is 2.32. The number of nitrogens with zero attached hydrogens (tertiary/aromatic N) is 2. The number of primary amides is 1. The Hall–Kier alpha value is -2.68. The zero-order valence-electron chi connectivity index (χ0n) is 9.16. The van der Waals surface area contributed by atoms with E-state index in [4.69, 9.17) is 11.6 Å². The minimum atomic E-state index is -1.25. The summed E-state index contributed by atoms with van der Waals surface area (Å²) in [5, 5.41) is 23.5. The van der Waals surface area contributed by atoms with Crippen molar-refractivity contribution >= 4 is 35.3 Å². The second-order valence-corrected chi connectivity index (χ2v) is 3.62. The van der Waals surface area contributed by atoms with Gasteiger partial charge in [0.15, 0.2) is 0 Å². The summed E-state index contributed by atoms with van der Waals surface area (Å²) < 4.78 is 0. The van der Waals surface area contributed by atoms with Crippen LogP contribution < -0.4 is 11.2 Å². The number of benzene rings is 1. The molecule has 0 bridgehead atoms. The predicted molar refractivity (Wildman–Crippen MR) is 64.7 cm³/mol. The van der Waals surface area contributed by atoms with Gasteiger partial charge < -0.3 is 10.8 Å². The molecule has 19 heavy (non-hydrogen) atoms. The van der Waals surface area contributed by atoms with Gasteiger partial charge in [-0.25, -0.2) is 5.43 Å². The van der Waals surface area contributed by atoms with Crippen LogP contribution in [0.2, 0.25) is 5.02 Å². The molecule has 9 nitrogen and oxygen atoms in total. The van der Waals surface area contributed by atoms with Gasteiger partial charge in [0.2, 0.25) is 5.75 Å². The second-order valence-electron chi connectivity index (χ2n) is 3.18. The monoisotopic (exact) mass is 286 g/mol. The van der Waals surface area contributed by atoms with Gasteiger partial charge in [-0.15, -0.1) is 0 Å². The van der Waals surface area contributed by atoms with Crippen LogP contribution >= 0.6 is 11.6 Å². The van der Waals surface area contributed by atoms with E-state index in [1.165, 1.54) is 6.07 Å². The molecule has 0 unspecified atom stereocenters. The standard InChI is InChI=1S/C9H7ClN4O5/c10-5-1-4(3-12-13-9(17)8(11)16)7(15)6(2-5)14(18)19/h1-3,15H,(H2,11,16)(H,13,17). The van der Waals surface area contributed by atoms with Crippen molar-refractivity contribution in [3.63, 3.8) is 0 Å². The van der Waals surface area contributed by atoms with Crippen molar-refractivity contribution in [2.75, 3.05) is 0 Å². The third-order valence-electron chi connectivity index (χ3n) is 1.87. The summed E-state index contributed by atoms with van der Waals surface area (Å²) in [6, 6.07) is 2.14. The Bertz CT molecular complexity index is 586. The Balaban J connectivity index is 3.02. The van der Waals surface area contributed by atoms with Crippen LogP contribution in [0.25, 0.3) is 0 Å². The number of halogens is 1. The lowest BCUT2D eigenvalue weighted by Gasteiger charge is -2.01. The van der Waals surface area contributed by atoms with Crippen molar-refractivity contribution in [1.29, 1.82) is 0 Å². The lowest BCUT2D eigenvalue weighted by atomic mass is 10.2. The Labute approximate surface area is 110 Å². The van der Waals surface area contributed by atoms with Crippen LogP contribution in [0.5, 0.6) is 5.75 Å². The number of aromatic hydroxyl groups is 1. The van der Waals surface area contributed by atoms with E-state index >= 15 is 0 Å². The number of hydrogen-bond acceptors (Lipinski definition) is 6. The van der Waals surface area contributed by atoms with E-state index in [1.807, 2.05) is 0 Å². The fourth-order valence-electron chi connectivity index (χ4n) is 1.06. The van der Waals surface area contributed by atoms with Crippen molar-refractivity contribution in [2.45, 2.75) is 0 Å². The van der Waals surface area contributed by atoms with Gasteiger partial charge in [-0.2, -0.15) is 5.10 Å². The SMILES string of the molecule is NC(=O)C(=O)NN=Cc1cc(Cl)cc([N+](=O)[O-])c1O. The lowest BCUT2D eigenvalue weighted by molar-refractivity contribution is -0.385. The quantitative estimate of drug-likeness (QED) is 0.307. The number of phenols is 1. The molecular formula is C9H7ClN4O5. The van der Waals surface area contributed by atoms with Crippen LogP contribution in [-0.4, -0.2) is 28.1 Å². The van der Waals surface area contributed by atoms with Crippen LogP contribution in [0, 0.1) is 10.1 Å². The van der Waals surface area contributed by atoms with Crippen LogP contribution in [0.3, 0.4) is 0 Å². The number of rotatable bonds is 3. The maximum atomic E-state index is 10.8. The average molecular weight is 287 g/mol. The summed E-state index contributed by atoms with van der Waals surface area (Å²) in [6.07, 6.45) is 0.884. The molecule has 1 aromatic rings. The number of carbonyl (C=O) groups excluding carboxylic acids is 2. The van der Waals surface area contributed by atoms with Gasteiger partial charge in [-0.3, -0.25) is 19.7 Å². The molecule has 1 rings (SSSR count). The van der Waals surface area contributed by atoms with Crippen molar-refractivity contribution in [3.8, 4) is 5.75 Å². The fourth-order valence-corrected chi connectivity index (χ4v) is 1.28. The second kappa shape index (κ2) is 5.78. The van der Waals surface area contributed by atoms with E-state index in [0.717, 1.165) is 12.3 Å². The minimum absolute atomic E-state index is 0.00724. The molecule has 0 aliphatic heterocycles. The highest BCUT2D eigenvalue weighted by Gasteiger charge is 2.17. The van der Waals surface area contributed by atoms with E-state index in [2.05, 4.69) is 10.8 Å². The summed E-state index contributed by atoms with van der Waals surface area (Å²) in [5.74, 6) is -3.10. The molecule has 1 aromatic carbocycles. The molecule has 0 aromatic heterocycles. The molecule has 10 heteroatoms. The predicted octanol–water partition coefficient (Wildman–Crippen LogP) is -0.111. The maximum absolute atomic E-state index is 10.8. The van der Waals surface area contributed by atoms with Gasteiger partial charge in [0.1, 0.15) is 0 Å². The number of hydrazone groups is 1. The number of hydrogen-bond donors (Lipinski definition) is 3. The Morgan fingerprint density at radius 3 is 2.68 bits per heavy atom. The van der Waals surface area contributed by atoms with Gasteiger partial charge in [0, 0.05) is 16.7 Å². The molecule has 0 fully saturated rings. The Morgan fingerprint density at radius 2 is 2.16 bits per heavy atom. The number of carbonyl (C=O) groups is 2. The van der Waals surface area contributed by atoms with Crippen LogP contribution in [0.1, 0.15) is 5.56 Å². The third-order valence-corrected chi connectivity index (χ3v) is 2.09.